The van der Waals surface area contributed by atoms with E-state index in [1.54, 1.807) is 7.11 Å². The minimum Gasteiger partial charge on any atom is -0.497 e. The number of hydrogen-bond donors (Lipinski definition) is 2. The van der Waals surface area contributed by atoms with Crippen molar-refractivity contribution in [2.24, 2.45) is 0 Å². The Hall–Kier alpha value is -2.30. The van der Waals surface area contributed by atoms with E-state index in [-0.39, 0.29) is 5.91 Å². The summed E-state index contributed by atoms with van der Waals surface area (Å²) < 4.78 is 5.20. The molecule has 20 heavy (non-hydrogen) atoms. The van der Waals surface area contributed by atoms with Crippen molar-refractivity contribution in [2.45, 2.75) is 26.7 Å². The molecular formula is C15H19N3O2. The molecule has 0 radical (unpaired) electrons. The highest BCUT2D eigenvalue weighted by Gasteiger charge is 2.06. The Balaban J connectivity index is 2.22. The van der Waals surface area contributed by atoms with Crippen LogP contribution >= 0.6 is 0 Å². The Labute approximate surface area is 118 Å². The summed E-state index contributed by atoms with van der Waals surface area (Å²) in [5.41, 5.74) is 7.34. The van der Waals surface area contributed by atoms with Crippen molar-refractivity contribution in [3.63, 3.8) is 0 Å². The number of anilines is 1. The predicted molar refractivity (Wildman–Crippen MR) is 79.7 cm³/mol. The van der Waals surface area contributed by atoms with Crippen LogP contribution < -0.4 is 15.6 Å². The molecule has 0 bridgehead atoms. The number of nitrogens with one attached hydrogen (secondary N) is 2. The number of hydrazine groups is 1. The van der Waals surface area contributed by atoms with E-state index in [1.165, 1.54) is 0 Å². The van der Waals surface area contributed by atoms with Gasteiger partial charge in [-0.1, -0.05) is 6.92 Å². The number of benzene rings is 1. The summed E-state index contributed by atoms with van der Waals surface area (Å²) in [6.45, 7) is 3.91. The Morgan fingerprint density at radius 1 is 1.35 bits per heavy atom. The Morgan fingerprint density at radius 2 is 2.15 bits per heavy atom. The summed E-state index contributed by atoms with van der Waals surface area (Å²) in [4.78, 5) is 16.0. The van der Waals surface area contributed by atoms with E-state index < -0.39 is 0 Å². The van der Waals surface area contributed by atoms with Crippen LogP contribution in [0.4, 0.5) is 5.82 Å². The highest BCUT2D eigenvalue weighted by molar-refractivity contribution is 5.83. The Bertz CT molecular complexity index is 626. The first-order valence-corrected chi connectivity index (χ1v) is 6.64. The molecule has 106 valence electrons. The second-order valence-corrected chi connectivity index (χ2v) is 4.64. The molecule has 0 atom stereocenters. The summed E-state index contributed by atoms with van der Waals surface area (Å²) >= 11 is 0. The molecule has 0 unspecified atom stereocenters. The second-order valence-electron chi connectivity index (χ2n) is 4.64. The number of pyridine rings is 1. The smallest absolute Gasteiger partial charge is 0.238 e. The normalized spacial score (nSPS) is 10.3. The number of ether oxygens (including phenoxy) is 1. The first-order chi connectivity index (χ1) is 9.63. The van der Waals surface area contributed by atoms with Gasteiger partial charge in [-0.25, -0.2) is 4.98 Å². The monoisotopic (exact) mass is 273 g/mol. The molecular weight excluding hydrogens is 254 g/mol. The number of hydrogen-bond acceptors (Lipinski definition) is 4. The minimum absolute atomic E-state index is 0.0384. The molecule has 2 aromatic rings. The molecule has 0 aliphatic carbocycles. The number of rotatable bonds is 5. The first-order valence-electron chi connectivity index (χ1n) is 6.64. The van der Waals surface area contributed by atoms with Gasteiger partial charge < -0.3 is 4.74 Å². The first kappa shape index (κ1) is 14.1. The van der Waals surface area contributed by atoms with Gasteiger partial charge in [-0.05, 0) is 43.2 Å². The van der Waals surface area contributed by atoms with Gasteiger partial charge in [0.2, 0.25) is 5.91 Å². The van der Waals surface area contributed by atoms with Crippen molar-refractivity contribution in [3.05, 3.63) is 29.8 Å². The summed E-state index contributed by atoms with van der Waals surface area (Å²) in [5, 5.41) is 1.01. The molecule has 1 amide bonds. The third-order valence-electron chi connectivity index (χ3n) is 3.01. The Kier molecular flexibility index (Phi) is 4.40. The van der Waals surface area contributed by atoms with Gasteiger partial charge in [-0.2, -0.15) is 0 Å². The lowest BCUT2D eigenvalue weighted by Crippen LogP contribution is -2.29. The average molecular weight is 273 g/mol. The lowest BCUT2D eigenvalue weighted by Gasteiger charge is -2.11. The van der Waals surface area contributed by atoms with Gasteiger partial charge in [0.25, 0.3) is 0 Å². The highest BCUT2D eigenvalue weighted by atomic mass is 16.5. The van der Waals surface area contributed by atoms with Gasteiger partial charge >= 0.3 is 0 Å². The lowest BCUT2D eigenvalue weighted by atomic mass is 10.1. The Morgan fingerprint density at radius 3 is 2.85 bits per heavy atom. The van der Waals surface area contributed by atoms with Crippen LogP contribution in [0.1, 0.15) is 25.3 Å². The molecule has 1 aromatic carbocycles. The van der Waals surface area contributed by atoms with Gasteiger partial charge in [0, 0.05) is 11.8 Å². The number of aryl methyl sites for hydroxylation is 1. The van der Waals surface area contributed by atoms with E-state index in [0.717, 1.165) is 28.6 Å². The van der Waals surface area contributed by atoms with Crippen molar-refractivity contribution in [2.75, 3.05) is 12.5 Å². The minimum atomic E-state index is -0.0384. The van der Waals surface area contributed by atoms with Crippen LogP contribution in [-0.2, 0) is 4.79 Å². The van der Waals surface area contributed by atoms with Crippen LogP contribution in [-0.4, -0.2) is 18.0 Å². The SMILES string of the molecule is CCCC(=O)NNc1nc2ccc(OC)cc2cc1C. The largest absolute Gasteiger partial charge is 0.497 e. The van der Waals surface area contributed by atoms with E-state index in [1.807, 2.05) is 38.1 Å². The zero-order valence-corrected chi connectivity index (χ0v) is 12.0. The fourth-order valence-electron chi connectivity index (χ4n) is 1.93. The molecule has 0 aliphatic heterocycles. The van der Waals surface area contributed by atoms with E-state index in [9.17, 15) is 4.79 Å². The van der Waals surface area contributed by atoms with Crippen LogP contribution in [0.25, 0.3) is 10.9 Å². The van der Waals surface area contributed by atoms with E-state index in [0.29, 0.717) is 12.2 Å². The van der Waals surface area contributed by atoms with Crippen molar-refractivity contribution in [1.29, 1.82) is 0 Å². The molecule has 2 rings (SSSR count). The van der Waals surface area contributed by atoms with Gasteiger partial charge in [-0.3, -0.25) is 15.6 Å². The van der Waals surface area contributed by atoms with Crippen LogP contribution in [0.2, 0.25) is 0 Å². The number of amides is 1. The number of carbonyl (C=O) groups excluding carboxylic acids is 1. The fourth-order valence-corrected chi connectivity index (χ4v) is 1.93. The topological polar surface area (TPSA) is 63.2 Å². The molecule has 0 fully saturated rings. The summed E-state index contributed by atoms with van der Waals surface area (Å²) in [6.07, 6.45) is 1.31. The standard InChI is InChI=1S/C15H19N3O2/c1-4-5-14(19)17-18-15-10(2)8-11-9-12(20-3)6-7-13(11)16-15/h6-9H,4-5H2,1-3H3,(H,16,18)(H,17,19). The number of carbonyl (C=O) groups is 1. The zero-order valence-electron chi connectivity index (χ0n) is 12.0. The highest BCUT2D eigenvalue weighted by Crippen LogP contribution is 2.23. The quantitative estimate of drug-likeness (QED) is 0.822. The van der Waals surface area contributed by atoms with Gasteiger partial charge in [-0.15, -0.1) is 0 Å². The van der Waals surface area contributed by atoms with Gasteiger partial charge in [0.15, 0.2) is 0 Å². The summed E-state index contributed by atoms with van der Waals surface area (Å²) in [7, 11) is 1.64. The third kappa shape index (κ3) is 3.17. The summed E-state index contributed by atoms with van der Waals surface area (Å²) in [5.74, 6) is 1.42. The van der Waals surface area contributed by atoms with Crippen LogP contribution in [0.5, 0.6) is 5.75 Å². The van der Waals surface area contributed by atoms with Crippen LogP contribution in [0.15, 0.2) is 24.3 Å². The molecule has 5 nitrogen and oxygen atoms in total. The second kappa shape index (κ2) is 6.23. The lowest BCUT2D eigenvalue weighted by molar-refractivity contribution is -0.120. The maximum absolute atomic E-state index is 11.5. The molecule has 1 aromatic heterocycles. The van der Waals surface area contributed by atoms with Crippen LogP contribution in [0.3, 0.4) is 0 Å². The number of fused-ring (bicyclic) bond motifs is 1. The fraction of sp³-hybridized carbons (Fsp3) is 0.333. The zero-order chi connectivity index (χ0) is 14.5. The van der Waals surface area contributed by atoms with E-state index in [2.05, 4.69) is 15.8 Å². The maximum Gasteiger partial charge on any atom is 0.238 e. The predicted octanol–water partition coefficient (Wildman–Crippen LogP) is 2.80. The van der Waals surface area contributed by atoms with Crippen molar-refractivity contribution < 1.29 is 9.53 Å². The molecule has 0 spiro atoms. The average Bonchev–Trinajstić information content (AvgIpc) is 2.44. The van der Waals surface area contributed by atoms with Gasteiger partial charge in [0.05, 0.1) is 12.6 Å². The summed E-state index contributed by atoms with van der Waals surface area (Å²) in [6, 6.07) is 7.71. The number of nitrogens with zero attached hydrogens (tertiary/aromatic N) is 1. The van der Waals surface area contributed by atoms with Crippen molar-refractivity contribution in [3.8, 4) is 5.75 Å². The molecule has 1 heterocycles. The molecule has 0 aliphatic rings. The number of methoxy groups -OCH3 is 1. The van der Waals surface area contributed by atoms with Crippen LogP contribution in [0, 0.1) is 6.92 Å². The third-order valence-corrected chi connectivity index (χ3v) is 3.01. The maximum atomic E-state index is 11.5. The van der Waals surface area contributed by atoms with E-state index in [4.69, 9.17) is 4.74 Å². The van der Waals surface area contributed by atoms with Crippen molar-refractivity contribution in [1.82, 2.24) is 10.4 Å². The van der Waals surface area contributed by atoms with E-state index >= 15 is 0 Å². The molecule has 2 N–H and O–H groups in total. The molecule has 0 saturated carbocycles. The van der Waals surface area contributed by atoms with Crippen molar-refractivity contribution >= 4 is 22.6 Å². The molecule has 0 saturated heterocycles. The number of aromatic nitrogens is 1. The van der Waals surface area contributed by atoms with Gasteiger partial charge in [0.1, 0.15) is 11.6 Å². The molecule has 5 heteroatoms.